The highest BCUT2D eigenvalue weighted by atomic mass is 16.6. The topological polar surface area (TPSA) is 78.9 Å². The summed E-state index contributed by atoms with van der Waals surface area (Å²) in [5.41, 5.74) is -1.57. The Kier molecular flexibility index (Phi) is 5.49. The van der Waals surface area contributed by atoms with Crippen molar-refractivity contribution in [3.63, 3.8) is 0 Å². The summed E-state index contributed by atoms with van der Waals surface area (Å²) in [6.45, 7) is 2.42. The van der Waals surface area contributed by atoms with Crippen LogP contribution in [0.25, 0.3) is 0 Å². The van der Waals surface area contributed by atoms with Crippen molar-refractivity contribution in [2.45, 2.75) is 20.3 Å². The standard InChI is InChI=1S/C10H16O6/c1-5-10(8(12)14-3,9(13)15-4)6-16-7(2)11/h5-6H2,1-4H3. The molecule has 6 nitrogen and oxygen atoms in total. The van der Waals surface area contributed by atoms with Crippen LogP contribution in [0.2, 0.25) is 0 Å². The van der Waals surface area contributed by atoms with Gasteiger partial charge >= 0.3 is 17.9 Å². The van der Waals surface area contributed by atoms with Crippen LogP contribution < -0.4 is 0 Å². The van der Waals surface area contributed by atoms with Gasteiger partial charge in [0.15, 0.2) is 5.41 Å². The Morgan fingerprint density at radius 2 is 1.50 bits per heavy atom. The molecule has 0 amide bonds. The zero-order valence-electron chi connectivity index (χ0n) is 9.86. The number of carbonyl (C=O) groups excluding carboxylic acids is 3. The van der Waals surface area contributed by atoms with E-state index in [9.17, 15) is 14.4 Å². The first-order valence-electron chi connectivity index (χ1n) is 4.74. The van der Waals surface area contributed by atoms with Gasteiger partial charge in [-0.05, 0) is 6.42 Å². The molecule has 0 N–H and O–H groups in total. The summed E-state index contributed by atoms with van der Waals surface area (Å²) in [6.07, 6.45) is 0.125. The third kappa shape index (κ3) is 2.95. The lowest BCUT2D eigenvalue weighted by Gasteiger charge is -2.25. The second-order valence-electron chi connectivity index (χ2n) is 3.20. The quantitative estimate of drug-likeness (QED) is 0.385. The molecule has 0 aromatic carbocycles. The van der Waals surface area contributed by atoms with Crippen LogP contribution in [0.5, 0.6) is 0 Å². The Hall–Kier alpha value is -1.59. The van der Waals surface area contributed by atoms with E-state index in [4.69, 9.17) is 4.74 Å². The van der Waals surface area contributed by atoms with Crippen molar-refractivity contribution in [1.29, 1.82) is 0 Å². The lowest BCUT2D eigenvalue weighted by Crippen LogP contribution is -2.45. The molecule has 0 aliphatic heterocycles. The van der Waals surface area contributed by atoms with Crippen molar-refractivity contribution in [3.8, 4) is 0 Å². The fraction of sp³-hybridized carbons (Fsp3) is 0.700. The van der Waals surface area contributed by atoms with E-state index in [0.717, 1.165) is 14.2 Å². The van der Waals surface area contributed by atoms with Crippen molar-refractivity contribution in [3.05, 3.63) is 0 Å². The van der Waals surface area contributed by atoms with E-state index in [0.29, 0.717) is 0 Å². The third-order valence-corrected chi connectivity index (χ3v) is 2.28. The van der Waals surface area contributed by atoms with Crippen molar-refractivity contribution >= 4 is 17.9 Å². The first kappa shape index (κ1) is 14.4. The van der Waals surface area contributed by atoms with Crippen LogP contribution in [0, 0.1) is 5.41 Å². The predicted molar refractivity (Wildman–Crippen MR) is 53.4 cm³/mol. The monoisotopic (exact) mass is 232 g/mol. The van der Waals surface area contributed by atoms with Gasteiger partial charge in [-0.15, -0.1) is 0 Å². The summed E-state index contributed by atoms with van der Waals surface area (Å²) in [4.78, 5) is 33.8. The van der Waals surface area contributed by atoms with Crippen LogP contribution in [-0.2, 0) is 28.6 Å². The number of methoxy groups -OCH3 is 2. The van der Waals surface area contributed by atoms with Crippen molar-refractivity contribution in [2.75, 3.05) is 20.8 Å². The van der Waals surface area contributed by atoms with Gasteiger partial charge in [-0.1, -0.05) is 6.92 Å². The van der Waals surface area contributed by atoms with Gasteiger partial charge in [0.1, 0.15) is 6.61 Å². The maximum absolute atomic E-state index is 11.6. The summed E-state index contributed by atoms with van der Waals surface area (Å²) in [5, 5.41) is 0. The van der Waals surface area contributed by atoms with Gasteiger partial charge in [-0.3, -0.25) is 14.4 Å². The average Bonchev–Trinajstić information content (AvgIpc) is 2.28. The molecule has 0 heterocycles. The molecule has 0 saturated heterocycles. The fourth-order valence-electron chi connectivity index (χ4n) is 1.21. The van der Waals surface area contributed by atoms with Gasteiger partial charge < -0.3 is 14.2 Å². The molecule has 0 saturated carbocycles. The van der Waals surface area contributed by atoms with Crippen molar-refractivity contribution in [2.24, 2.45) is 5.41 Å². The SMILES string of the molecule is CCC(COC(C)=O)(C(=O)OC)C(=O)OC. The van der Waals surface area contributed by atoms with Crippen molar-refractivity contribution in [1.82, 2.24) is 0 Å². The number of esters is 3. The Balaban J connectivity index is 5.03. The van der Waals surface area contributed by atoms with Gasteiger partial charge in [0.05, 0.1) is 14.2 Å². The molecule has 0 radical (unpaired) electrons. The molecule has 0 rings (SSSR count). The fourth-order valence-corrected chi connectivity index (χ4v) is 1.21. The van der Waals surface area contributed by atoms with Crippen LogP contribution in [0.15, 0.2) is 0 Å². The molecule has 16 heavy (non-hydrogen) atoms. The number of hydrogen-bond acceptors (Lipinski definition) is 6. The van der Waals surface area contributed by atoms with Gasteiger partial charge in [-0.25, -0.2) is 0 Å². The van der Waals surface area contributed by atoms with Gasteiger partial charge in [0.25, 0.3) is 0 Å². The van der Waals surface area contributed by atoms with Gasteiger partial charge in [-0.2, -0.15) is 0 Å². The van der Waals surface area contributed by atoms with Crippen molar-refractivity contribution < 1.29 is 28.6 Å². The molecule has 0 aliphatic carbocycles. The van der Waals surface area contributed by atoms with Crippen LogP contribution in [0.3, 0.4) is 0 Å². The maximum Gasteiger partial charge on any atom is 0.326 e. The van der Waals surface area contributed by atoms with E-state index in [2.05, 4.69) is 9.47 Å². The van der Waals surface area contributed by atoms with Gasteiger partial charge in [0, 0.05) is 6.92 Å². The molecule has 0 bridgehead atoms. The van der Waals surface area contributed by atoms with E-state index in [1.165, 1.54) is 6.92 Å². The second-order valence-corrected chi connectivity index (χ2v) is 3.20. The summed E-state index contributed by atoms with van der Waals surface area (Å²) in [7, 11) is 2.31. The molecule has 0 unspecified atom stereocenters. The first-order chi connectivity index (χ1) is 7.44. The summed E-state index contributed by atoms with van der Waals surface area (Å²) in [6, 6.07) is 0. The van der Waals surface area contributed by atoms with Crippen LogP contribution in [-0.4, -0.2) is 38.7 Å². The number of rotatable bonds is 5. The van der Waals surface area contributed by atoms with Crippen LogP contribution in [0.1, 0.15) is 20.3 Å². The lowest BCUT2D eigenvalue weighted by molar-refractivity contribution is -0.175. The zero-order chi connectivity index (χ0) is 12.8. The van der Waals surface area contributed by atoms with Crippen LogP contribution >= 0.6 is 0 Å². The Morgan fingerprint density at radius 1 is 1.06 bits per heavy atom. The predicted octanol–water partition coefficient (Wildman–Crippen LogP) is 0.292. The molecule has 0 atom stereocenters. The molecular weight excluding hydrogens is 216 g/mol. The normalized spacial score (nSPS) is 10.5. The minimum Gasteiger partial charge on any atom is -0.468 e. The third-order valence-electron chi connectivity index (χ3n) is 2.28. The molecule has 0 aromatic heterocycles. The number of ether oxygens (including phenoxy) is 3. The lowest BCUT2D eigenvalue weighted by atomic mass is 9.86. The van der Waals surface area contributed by atoms with Crippen LogP contribution in [0.4, 0.5) is 0 Å². The van der Waals surface area contributed by atoms with E-state index >= 15 is 0 Å². The minimum atomic E-state index is -1.57. The summed E-state index contributed by atoms with van der Waals surface area (Å²) >= 11 is 0. The molecule has 0 aromatic rings. The molecule has 0 fully saturated rings. The Morgan fingerprint density at radius 3 is 1.75 bits per heavy atom. The van der Waals surface area contributed by atoms with E-state index in [-0.39, 0.29) is 13.0 Å². The molecule has 0 aliphatic rings. The maximum atomic E-state index is 11.6. The smallest absolute Gasteiger partial charge is 0.326 e. The highest BCUT2D eigenvalue weighted by Gasteiger charge is 2.48. The highest BCUT2D eigenvalue weighted by molar-refractivity contribution is 6.00. The zero-order valence-corrected chi connectivity index (χ0v) is 9.86. The molecule has 6 heteroatoms. The first-order valence-corrected chi connectivity index (χ1v) is 4.74. The molecular formula is C10H16O6. The highest BCUT2D eigenvalue weighted by Crippen LogP contribution is 2.26. The van der Waals surface area contributed by atoms with E-state index in [1.807, 2.05) is 0 Å². The molecule has 0 spiro atoms. The summed E-state index contributed by atoms with van der Waals surface area (Å²) in [5.74, 6) is -2.13. The van der Waals surface area contributed by atoms with E-state index < -0.39 is 23.3 Å². The van der Waals surface area contributed by atoms with Gasteiger partial charge in [0.2, 0.25) is 0 Å². The number of carbonyl (C=O) groups is 3. The number of hydrogen-bond donors (Lipinski definition) is 0. The second kappa shape index (κ2) is 6.09. The molecule has 92 valence electrons. The Labute approximate surface area is 93.8 Å². The Bertz CT molecular complexity index is 267. The summed E-state index contributed by atoms with van der Waals surface area (Å²) < 4.78 is 13.8. The average molecular weight is 232 g/mol. The largest absolute Gasteiger partial charge is 0.468 e. The van der Waals surface area contributed by atoms with E-state index in [1.54, 1.807) is 6.92 Å². The minimum absolute atomic E-state index is 0.125.